The summed E-state index contributed by atoms with van der Waals surface area (Å²) in [5.41, 5.74) is 0.773. The number of aromatic nitrogens is 2. The summed E-state index contributed by atoms with van der Waals surface area (Å²) in [6, 6.07) is 3.74. The fourth-order valence-electron chi connectivity index (χ4n) is 4.59. The number of piperazine rings is 1. The Bertz CT molecular complexity index is 1140. The zero-order chi connectivity index (χ0) is 26.7. The van der Waals surface area contributed by atoms with Crippen molar-refractivity contribution in [3.63, 3.8) is 0 Å². The molecule has 2 fully saturated rings. The van der Waals surface area contributed by atoms with Gasteiger partial charge in [0.15, 0.2) is 0 Å². The van der Waals surface area contributed by atoms with E-state index >= 15 is 0 Å². The lowest BCUT2D eigenvalue weighted by atomic mass is 10.1. The zero-order valence-corrected chi connectivity index (χ0v) is 19.7. The van der Waals surface area contributed by atoms with Gasteiger partial charge in [0, 0.05) is 63.0 Å². The van der Waals surface area contributed by atoms with E-state index in [2.05, 4.69) is 15.2 Å². The number of morpholine rings is 1. The number of carboxylic acid groups (broad SMARTS) is 1. The maximum absolute atomic E-state index is 14.1. The first-order valence-corrected chi connectivity index (χ1v) is 11.7. The highest BCUT2D eigenvalue weighted by atomic mass is 19.4. The molecular weight excluding hydrogens is 505 g/mol. The molecule has 0 bridgehead atoms. The van der Waals surface area contributed by atoms with Crippen molar-refractivity contribution in [3.05, 3.63) is 41.9 Å². The second-order valence-corrected chi connectivity index (χ2v) is 9.02. The van der Waals surface area contributed by atoms with E-state index in [0.29, 0.717) is 31.8 Å². The first-order valence-electron chi connectivity index (χ1n) is 11.7. The number of amides is 2. The van der Waals surface area contributed by atoms with Gasteiger partial charge in [-0.3, -0.25) is 4.90 Å². The minimum atomic E-state index is -5.08. The number of halogens is 5. The molecule has 4 heterocycles. The van der Waals surface area contributed by atoms with Gasteiger partial charge in [-0.2, -0.15) is 13.2 Å². The maximum atomic E-state index is 14.1. The number of ether oxygens (including phenoxy) is 1. The predicted octanol–water partition coefficient (Wildman–Crippen LogP) is 2.50. The molecule has 2 aromatic rings. The first kappa shape index (κ1) is 26.8. The Labute approximate surface area is 208 Å². The van der Waals surface area contributed by atoms with E-state index in [9.17, 15) is 26.7 Å². The number of rotatable bonds is 2. The molecule has 0 spiro atoms. The van der Waals surface area contributed by atoms with Crippen molar-refractivity contribution >= 4 is 12.0 Å². The minimum Gasteiger partial charge on any atom is -0.475 e. The number of carbonyl (C=O) groups excluding carboxylic acids is 1. The number of carbonyl (C=O) groups is 2. The molecule has 0 saturated carbocycles. The second-order valence-electron chi connectivity index (χ2n) is 9.02. The molecule has 2 N–H and O–H groups in total. The molecule has 1 aromatic carbocycles. The van der Waals surface area contributed by atoms with Crippen molar-refractivity contribution in [2.24, 2.45) is 0 Å². The van der Waals surface area contributed by atoms with Gasteiger partial charge in [-0.05, 0) is 18.6 Å². The van der Waals surface area contributed by atoms with E-state index in [-0.39, 0.29) is 23.7 Å². The van der Waals surface area contributed by atoms with E-state index < -0.39 is 23.8 Å². The summed E-state index contributed by atoms with van der Waals surface area (Å²) in [5, 5.41) is 10.3. The molecule has 3 aliphatic rings. The van der Waals surface area contributed by atoms with Gasteiger partial charge in [-0.25, -0.2) is 23.4 Å². The number of nitrogens with zero attached hydrogens (tertiary/aromatic N) is 4. The fraction of sp³-hybridized carbons (Fsp3) is 0.522. The Kier molecular flexibility index (Phi) is 7.97. The highest BCUT2D eigenvalue weighted by molar-refractivity contribution is 5.75. The normalized spacial score (nSPS) is 21.8. The molecule has 2 atom stereocenters. The van der Waals surface area contributed by atoms with Crippen molar-refractivity contribution in [1.29, 1.82) is 0 Å². The van der Waals surface area contributed by atoms with Crippen molar-refractivity contribution in [2.75, 3.05) is 39.4 Å². The molecule has 14 heteroatoms. The topological polar surface area (TPSA) is 99.9 Å². The highest BCUT2D eigenvalue weighted by Crippen LogP contribution is 2.26. The third-order valence-electron chi connectivity index (χ3n) is 6.49. The molecule has 0 aliphatic carbocycles. The Morgan fingerprint density at radius 3 is 2.59 bits per heavy atom. The predicted molar refractivity (Wildman–Crippen MR) is 120 cm³/mol. The summed E-state index contributed by atoms with van der Waals surface area (Å²) in [6.07, 6.45) is -1.83. The van der Waals surface area contributed by atoms with E-state index in [4.69, 9.17) is 14.6 Å². The number of fused-ring (bicyclic) bond motifs is 2. The standard InChI is InChI=1S/C21H25F2N5O2.C2HF3O2/c22-14-1-3-17(18(23)9-14)19-12-28-10-15(2-4-20(28)25-19)24-21(29)27-6-5-26-7-8-30-13-16(26)11-27;3-2(4,5)1(6)7/h1,3,9,12,15-16H,2,4-8,10-11,13H2,(H,24,29);(H,6,7). The van der Waals surface area contributed by atoms with E-state index in [1.807, 2.05) is 9.47 Å². The van der Waals surface area contributed by atoms with Gasteiger partial charge in [0.05, 0.1) is 24.9 Å². The van der Waals surface area contributed by atoms with E-state index in [0.717, 1.165) is 44.6 Å². The number of nitrogens with one attached hydrogen (secondary N) is 1. The lowest BCUT2D eigenvalue weighted by Crippen LogP contribution is -2.61. The Morgan fingerprint density at radius 1 is 1.14 bits per heavy atom. The SMILES string of the molecule is O=C(NC1CCc2nc(-c3ccc(F)cc3F)cn2C1)N1CCN2CCOCC2C1.O=C(O)C(F)(F)F. The van der Waals surface area contributed by atoms with Crippen LogP contribution in [-0.2, 0) is 22.5 Å². The van der Waals surface area contributed by atoms with Crippen LogP contribution in [0, 0.1) is 11.6 Å². The van der Waals surface area contributed by atoms with Gasteiger partial charge in [0.25, 0.3) is 0 Å². The number of carboxylic acids is 1. The minimum absolute atomic E-state index is 0.00856. The number of hydrogen-bond donors (Lipinski definition) is 2. The van der Waals surface area contributed by atoms with E-state index in [1.54, 1.807) is 6.20 Å². The lowest BCUT2D eigenvalue weighted by molar-refractivity contribution is -0.192. The third-order valence-corrected chi connectivity index (χ3v) is 6.49. The molecule has 3 aliphatic heterocycles. The van der Waals surface area contributed by atoms with Crippen molar-refractivity contribution in [2.45, 2.75) is 37.6 Å². The van der Waals surface area contributed by atoms with Crippen molar-refractivity contribution in [3.8, 4) is 11.3 Å². The van der Waals surface area contributed by atoms with Crippen LogP contribution in [0.15, 0.2) is 24.4 Å². The largest absolute Gasteiger partial charge is 0.490 e. The molecule has 2 saturated heterocycles. The van der Waals surface area contributed by atoms with Gasteiger partial charge >= 0.3 is 18.2 Å². The number of aryl methyl sites for hydroxylation is 1. The lowest BCUT2D eigenvalue weighted by Gasteiger charge is -2.44. The second kappa shape index (κ2) is 11.0. The number of imidazole rings is 1. The monoisotopic (exact) mass is 531 g/mol. The van der Waals surface area contributed by atoms with Gasteiger partial charge in [0.2, 0.25) is 0 Å². The molecule has 1 aromatic heterocycles. The first-order chi connectivity index (χ1) is 17.5. The molecule has 202 valence electrons. The van der Waals surface area contributed by atoms with Crippen molar-refractivity contribution in [1.82, 2.24) is 24.7 Å². The van der Waals surface area contributed by atoms with Crippen LogP contribution in [0.1, 0.15) is 12.2 Å². The van der Waals surface area contributed by atoms with Crippen LogP contribution in [0.2, 0.25) is 0 Å². The van der Waals surface area contributed by atoms with Gasteiger partial charge < -0.3 is 24.6 Å². The van der Waals surface area contributed by atoms with Crippen molar-refractivity contribution < 1.29 is 41.4 Å². The van der Waals surface area contributed by atoms with Crippen LogP contribution >= 0.6 is 0 Å². The number of benzene rings is 1. The van der Waals surface area contributed by atoms with Crippen LogP contribution in [0.4, 0.5) is 26.7 Å². The van der Waals surface area contributed by atoms with Crippen LogP contribution in [-0.4, -0.2) is 94.1 Å². The fourth-order valence-corrected chi connectivity index (χ4v) is 4.59. The van der Waals surface area contributed by atoms with Crippen LogP contribution in [0.25, 0.3) is 11.3 Å². The summed E-state index contributed by atoms with van der Waals surface area (Å²) < 4.78 is 66.5. The molecule has 2 unspecified atom stereocenters. The van der Waals surface area contributed by atoms with Gasteiger partial charge in [0.1, 0.15) is 17.5 Å². The summed E-state index contributed by atoms with van der Waals surface area (Å²) >= 11 is 0. The van der Waals surface area contributed by atoms with Gasteiger partial charge in [-0.15, -0.1) is 0 Å². The molecule has 2 amide bonds. The number of urea groups is 1. The molecule has 5 rings (SSSR count). The Balaban J connectivity index is 0.000000405. The molecule has 0 radical (unpaired) electrons. The highest BCUT2D eigenvalue weighted by Gasteiger charge is 2.38. The van der Waals surface area contributed by atoms with Gasteiger partial charge in [-0.1, -0.05) is 0 Å². The average Bonchev–Trinajstić information content (AvgIpc) is 3.26. The molecular formula is C23H26F5N5O4. The summed E-state index contributed by atoms with van der Waals surface area (Å²) in [6.45, 7) is 5.25. The zero-order valence-electron chi connectivity index (χ0n) is 19.7. The average molecular weight is 531 g/mol. The Hall–Kier alpha value is -3.26. The van der Waals surface area contributed by atoms with Crippen LogP contribution < -0.4 is 5.32 Å². The summed E-state index contributed by atoms with van der Waals surface area (Å²) in [7, 11) is 0. The summed E-state index contributed by atoms with van der Waals surface area (Å²) in [5.74, 6) is -3.13. The number of alkyl halides is 3. The third kappa shape index (κ3) is 6.55. The quantitative estimate of drug-likeness (QED) is 0.578. The Morgan fingerprint density at radius 2 is 1.89 bits per heavy atom. The maximum Gasteiger partial charge on any atom is 0.490 e. The summed E-state index contributed by atoms with van der Waals surface area (Å²) in [4.78, 5) is 30.5. The molecule has 9 nitrogen and oxygen atoms in total. The van der Waals surface area contributed by atoms with E-state index in [1.165, 1.54) is 12.1 Å². The molecule has 37 heavy (non-hydrogen) atoms. The number of hydrogen-bond acceptors (Lipinski definition) is 5. The van der Waals surface area contributed by atoms with Crippen LogP contribution in [0.3, 0.4) is 0 Å². The smallest absolute Gasteiger partial charge is 0.475 e. The number of aliphatic carboxylic acids is 1. The van der Waals surface area contributed by atoms with Crippen LogP contribution in [0.5, 0.6) is 0 Å².